The highest BCUT2D eigenvalue weighted by Gasteiger charge is 2.27. The van der Waals surface area contributed by atoms with Gasteiger partial charge >= 0.3 is 0 Å². The van der Waals surface area contributed by atoms with Gasteiger partial charge in [0.15, 0.2) is 0 Å². The molecule has 24 heavy (non-hydrogen) atoms. The molecular formula is C18H23F2N3O. The van der Waals surface area contributed by atoms with Crippen LogP contribution in [0.3, 0.4) is 0 Å². The number of aliphatic hydroxyl groups excluding tert-OH is 1. The van der Waals surface area contributed by atoms with Crippen LogP contribution in [-0.4, -0.2) is 38.9 Å². The van der Waals surface area contributed by atoms with Crippen LogP contribution in [0.15, 0.2) is 30.6 Å². The topological polar surface area (TPSA) is 41.3 Å². The molecule has 0 aliphatic carbocycles. The lowest BCUT2D eigenvalue weighted by molar-refractivity contribution is 0.121. The monoisotopic (exact) mass is 335 g/mol. The fourth-order valence-electron chi connectivity index (χ4n) is 3.49. The second kappa shape index (κ2) is 7.40. The van der Waals surface area contributed by atoms with Crippen molar-refractivity contribution in [1.82, 2.24) is 14.7 Å². The molecule has 1 aromatic carbocycles. The first-order chi connectivity index (χ1) is 11.5. The molecule has 2 atom stereocenters. The fraction of sp³-hybridized carbons (Fsp3) is 0.500. The number of aryl methyl sites for hydroxylation is 1. The van der Waals surface area contributed by atoms with Crippen molar-refractivity contribution in [3.05, 3.63) is 53.4 Å². The van der Waals surface area contributed by atoms with Gasteiger partial charge in [-0.1, -0.05) is 6.07 Å². The summed E-state index contributed by atoms with van der Waals surface area (Å²) in [5, 5.41) is 14.5. The van der Waals surface area contributed by atoms with Crippen LogP contribution in [-0.2, 0) is 13.5 Å². The molecule has 0 saturated carbocycles. The van der Waals surface area contributed by atoms with Crippen molar-refractivity contribution in [3.63, 3.8) is 0 Å². The van der Waals surface area contributed by atoms with Crippen LogP contribution in [0.2, 0.25) is 0 Å². The molecule has 0 amide bonds. The minimum Gasteiger partial charge on any atom is -0.388 e. The number of aromatic nitrogens is 2. The third-order valence-electron chi connectivity index (χ3n) is 4.81. The van der Waals surface area contributed by atoms with E-state index in [1.807, 2.05) is 13.2 Å². The summed E-state index contributed by atoms with van der Waals surface area (Å²) in [4.78, 5) is 2.23. The van der Waals surface area contributed by atoms with Gasteiger partial charge in [0.1, 0.15) is 11.6 Å². The lowest BCUT2D eigenvalue weighted by atomic mass is 10.0. The zero-order valence-corrected chi connectivity index (χ0v) is 13.8. The first-order valence-electron chi connectivity index (χ1n) is 8.38. The van der Waals surface area contributed by atoms with E-state index in [1.54, 1.807) is 10.9 Å². The number of nitrogens with zero attached hydrogens (tertiary/aromatic N) is 3. The summed E-state index contributed by atoms with van der Waals surface area (Å²) < 4.78 is 29.2. The van der Waals surface area contributed by atoms with Gasteiger partial charge in [-0.15, -0.1) is 0 Å². The molecule has 1 aliphatic heterocycles. The Balaban J connectivity index is 1.59. The van der Waals surface area contributed by atoms with E-state index >= 15 is 0 Å². The minimum absolute atomic E-state index is 0.149. The van der Waals surface area contributed by atoms with Gasteiger partial charge in [-0.25, -0.2) is 8.78 Å². The van der Waals surface area contributed by atoms with Gasteiger partial charge in [0.25, 0.3) is 0 Å². The van der Waals surface area contributed by atoms with Crippen LogP contribution < -0.4 is 0 Å². The Morgan fingerprint density at radius 1 is 1.33 bits per heavy atom. The lowest BCUT2D eigenvalue weighted by Gasteiger charge is -2.26. The second-order valence-corrected chi connectivity index (χ2v) is 6.48. The summed E-state index contributed by atoms with van der Waals surface area (Å²) in [6, 6.07) is 4.21. The number of benzene rings is 1. The number of likely N-dealkylation sites (tertiary alicyclic amines) is 1. The predicted octanol–water partition coefficient (Wildman–Crippen LogP) is 2.83. The molecule has 2 unspecified atom stereocenters. The number of rotatable bonds is 6. The number of aliphatic hydroxyl groups is 1. The lowest BCUT2D eigenvalue weighted by Crippen LogP contribution is -2.33. The fourth-order valence-corrected chi connectivity index (χ4v) is 3.49. The smallest absolute Gasteiger partial charge is 0.129 e. The Morgan fingerprint density at radius 3 is 2.75 bits per heavy atom. The highest BCUT2D eigenvalue weighted by atomic mass is 19.1. The molecular weight excluding hydrogens is 312 g/mol. The predicted molar refractivity (Wildman–Crippen MR) is 87.4 cm³/mol. The van der Waals surface area contributed by atoms with Crippen molar-refractivity contribution in [1.29, 1.82) is 0 Å². The van der Waals surface area contributed by atoms with E-state index in [9.17, 15) is 13.9 Å². The third-order valence-corrected chi connectivity index (χ3v) is 4.81. The van der Waals surface area contributed by atoms with Crippen molar-refractivity contribution in [2.75, 3.05) is 13.1 Å². The minimum atomic E-state index is -0.561. The second-order valence-electron chi connectivity index (χ2n) is 6.48. The average Bonchev–Trinajstić information content (AvgIpc) is 3.16. The van der Waals surface area contributed by atoms with E-state index < -0.39 is 17.7 Å². The van der Waals surface area contributed by atoms with Gasteiger partial charge in [-0.2, -0.15) is 5.10 Å². The number of halogens is 2. The standard InChI is InChI=1S/C18H23F2N3O/c1-22-12-13(11-21-22)18(24)10-14-4-3-8-23(14)9-7-15-16(19)5-2-6-17(15)20/h2,5-6,11-12,14,18,24H,3-4,7-10H2,1H3. The van der Waals surface area contributed by atoms with Crippen molar-refractivity contribution >= 4 is 0 Å². The zero-order valence-electron chi connectivity index (χ0n) is 13.8. The molecule has 130 valence electrons. The third kappa shape index (κ3) is 3.82. The van der Waals surface area contributed by atoms with E-state index in [0.29, 0.717) is 19.4 Å². The average molecular weight is 335 g/mol. The molecule has 0 radical (unpaired) electrons. The van der Waals surface area contributed by atoms with E-state index in [2.05, 4.69) is 10.00 Å². The maximum absolute atomic E-state index is 13.7. The number of hydrogen-bond acceptors (Lipinski definition) is 3. The highest BCUT2D eigenvalue weighted by molar-refractivity contribution is 5.20. The Bertz CT molecular complexity index is 668. The van der Waals surface area contributed by atoms with Gasteiger partial charge < -0.3 is 5.11 Å². The molecule has 1 N–H and O–H groups in total. The van der Waals surface area contributed by atoms with Crippen molar-refractivity contribution < 1.29 is 13.9 Å². The molecule has 4 nitrogen and oxygen atoms in total. The summed E-state index contributed by atoms with van der Waals surface area (Å²) in [7, 11) is 1.82. The van der Waals surface area contributed by atoms with Crippen LogP contribution in [0.5, 0.6) is 0 Å². The molecule has 1 aromatic heterocycles. The Hall–Kier alpha value is -1.79. The molecule has 3 rings (SSSR count). The van der Waals surface area contributed by atoms with Gasteiger partial charge in [-0.3, -0.25) is 9.58 Å². The molecule has 0 spiro atoms. The van der Waals surface area contributed by atoms with Crippen LogP contribution >= 0.6 is 0 Å². The SMILES string of the molecule is Cn1cc(C(O)CC2CCCN2CCc2c(F)cccc2F)cn1. The summed E-state index contributed by atoms with van der Waals surface area (Å²) in [5.74, 6) is -0.970. The summed E-state index contributed by atoms with van der Waals surface area (Å²) >= 11 is 0. The quantitative estimate of drug-likeness (QED) is 0.883. The van der Waals surface area contributed by atoms with Crippen LogP contribution in [0, 0.1) is 11.6 Å². The zero-order chi connectivity index (χ0) is 17.1. The number of hydrogen-bond donors (Lipinski definition) is 1. The molecule has 0 bridgehead atoms. The normalized spacial score (nSPS) is 19.8. The largest absolute Gasteiger partial charge is 0.388 e. The van der Waals surface area contributed by atoms with Crippen LogP contribution in [0.25, 0.3) is 0 Å². The van der Waals surface area contributed by atoms with E-state index in [1.165, 1.54) is 18.2 Å². The Morgan fingerprint density at radius 2 is 2.08 bits per heavy atom. The maximum atomic E-state index is 13.7. The van der Waals surface area contributed by atoms with Gasteiger partial charge in [0, 0.05) is 37.0 Å². The first-order valence-corrected chi connectivity index (χ1v) is 8.38. The summed E-state index contributed by atoms with van der Waals surface area (Å²) in [5.41, 5.74) is 0.959. The van der Waals surface area contributed by atoms with Crippen molar-refractivity contribution in [2.24, 2.45) is 7.05 Å². The summed E-state index contributed by atoms with van der Waals surface area (Å²) in [6.07, 6.45) is 5.94. The molecule has 1 saturated heterocycles. The van der Waals surface area contributed by atoms with Gasteiger partial charge in [0.2, 0.25) is 0 Å². The van der Waals surface area contributed by atoms with E-state index in [0.717, 1.165) is 24.9 Å². The van der Waals surface area contributed by atoms with Crippen LogP contribution in [0.4, 0.5) is 8.78 Å². The van der Waals surface area contributed by atoms with Crippen molar-refractivity contribution in [2.45, 2.75) is 37.8 Å². The maximum Gasteiger partial charge on any atom is 0.129 e. The Kier molecular flexibility index (Phi) is 5.26. The van der Waals surface area contributed by atoms with Crippen molar-refractivity contribution in [3.8, 4) is 0 Å². The summed E-state index contributed by atoms with van der Waals surface area (Å²) in [6.45, 7) is 1.50. The van der Waals surface area contributed by atoms with Crippen LogP contribution in [0.1, 0.15) is 36.5 Å². The van der Waals surface area contributed by atoms with E-state index in [-0.39, 0.29) is 11.6 Å². The molecule has 1 fully saturated rings. The van der Waals surface area contributed by atoms with Gasteiger partial charge in [-0.05, 0) is 44.4 Å². The van der Waals surface area contributed by atoms with E-state index in [4.69, 9.17) is 0 Å². The highest BCUT2D eigenvalue weighted by Crippen LogP contribution is 2.27. The first kappa shape index (κ1) is 17.0. The molecule has 1 aliphatic rings. The molecule has 2 aromatic rings. The van der Waals surface area contributed by atoms with Gasteiger partial charge in [0.05, 0.1) is 12.3 Å². The molecule has 2 heterocycles. The Labute approximate surface area is 140 Å². The molecule has 6 heteroatoms.